The molecule has 2 aromatic heterocycles. The number of hydrogen-bond acceptors (Lipinski definition) is 4. The molecule has 5 nitrogen and oxygen atoms in total. The molecule has 0 bridgehead atoms. The maximum absolute atomic E-state index is 11.7. The van der Waals surface area contributed by atoms with Crippen LogP contribution in [0, 0.1) is 0 Å². The number of esters is 1. The number of halogens is 1. The van der Waals surface area contributed by atoms with Crippen molar-refractivity contribution in [3.8, 4) is 11.3 Å². The number of aromatic nitrogens is 3. The van der Waals surface area contributed by atoms with Crippen LogP contribution in [0.3, 0.4) is 0 Å². The van der Waals surface area contributed by atoms with Crippen LogP contribution in [-0.4, -0.2) is 27.2 Å². The summed E-state index contributed by atoms with van der Waals surface area (Å²) in [4.78, 5) is 16.0. The molecule has 0 amide bonds. The number of rotatable bonds is 3. The SMILES string of the molecule is CCOC(=O)c1cc(Cl)n2nc(-c3ccccc3)cc2n1. The van der Waals surface area contributed by atoms with Gasteiger partial charge in [0.1, 0.15) is 5.15 Å². The summed E-state index contributed by atoms with van der Waals surface area (Å²) in [6.45, 7) is 2.03. The third-order valence-corrected chi connectivity index (χ3v) is 3.21. The summed E-state index contributed by atoms with van der Waals surface area (Å²) >= 11 is 6.16. The summed E-state index contributed by atoms with van der Waals surface area (Å²) in [5.41, 5.74) is 2.38. The van der Waals surface area contributed by atoms with Crippen LogP contribution in [0.25, 0.3) is 16.9 Å². The van der Waals surface area contributed by atoms with E-state index in [-0.39, 0.29) is 12.3 Å². The van der Waals surface area contributed by atoms with Crippen LogP contribution < -0.4 is 0 Å². The number of ether oxygens (including phenoxy) is 1. The maximum atomic E-state index is 11.7. The molecule has 0 N–H and O–H groups in total. The van der Waals surface area contributed by atoms with Crippen molar-refractivity contribution in [3.63, 3.8) is 0 Å². The number of fused-ring (bicyclic) bond motifs is 1. The molecular weight excluding hydrogens is 290 g/mol. The highest BCUT2D eigenvalue weighted by Gasteiger charge is 2.14. The molecule has 106 valence electrons. The van der Waals surface area contributed by atoms with Gasteiger partial charge >= 0.3 is 5.97 Å². The first-order chi connectivity index (χ1) is 10.2. The zero-order chi connectivity index (χ0) is 14.8. The highest BCUT2D eigenvalue weighted by atomic mass is 35.5. The van der Waals surface area contributed by atoms with Gasteiger partial charge in [0.05, 0.1) is 12.3 Å². The second kappa shape index (κ2) is 5.54. The van der Waals surface area contributed by atoms with E-state index in [0.29, 0.717) is 10.8 Å². The lowest BCUT2D eigenvalue weighted by Crippen LogP contribution is -2.08. The summed E-state index contributed by atoms with van der Waals surface area (Å²) in [5, 5.41) is 4.71. The Kier molecular flexibility index (Phi) is 3.58. The normalized spacial score (nSPS) is 10.8. The van der Waals surface area contributed by atoms with Gasteiger partial charge in [0.2, 0.25) is 0 Å². The number of carbonyl (C=O) groups excluding carboxylic acids is 1. The van der Waals surface area contributed by atoms with Gasteiger partial charge in [-0.3, -0.25) is 0 Å². The summed E-state index contributed by atoms with van der Waals surface area (Å²) in [6, 6.07) is 12.9. The molecule has 6 heteroatoms. The van der Waals surface area contributed by atoms with Crippen molar-refractivity contribution in [2.24, 2.45) is 0 Å². The summed E-state index contributed by atoms with van der Waals surface area (Å²) in [5.74, 6) is -0.496. The van der Waals surface area contributed by atoms with Gasteiger partial charge in [0.25, 0.3) is 0 Å². The number of nitrogens with zero attached hydrogens (tertiary/aromatic N) is 3. The Morgan fingerprint density at radius 2 is 2.05 bits per heavy atom. The Morgan fingerprint density at radius 3 is 2.76 bits per heavy atom. The molecule has 0 spiro atoms. The van der Waals surface area contributed by atoms with Crippen LogP contribution >= 0.6 is 11.6 Å². The van der Waals surface area contributed by atoms with E-state index in [9.17, 15) is 4.79 Å². The average Bonchev–Trinajstić information content (AvgIpc) is 2.93. The van der Waals surface area contributed by atoms with Crippen molar-refractivity contribution in [1.82, 2.24) is 14.6 Å². The van der Waals surface area contributed by atoms with Crippen LogP contribution in [0.2, 0.25) is 5.15 Å². The lowest BCUT2D eigenvalue weighted by Gasteiger charge is -2.02. The lowest BCUT2D eigenvalue weighted by atomic mass is 10.2. The first kappa shape index (κ1) is 13.6. The van der Waals surface area contributed by atoms with Crippen molar-refractivity contribution in [2.45, 2.75) is 6.92 Å². The average molecular weight is 302 g/mol. The van der Waals surface area contributed by atoms with Gasteiger partial charge in [-0.25, -0.2) is 14.3 Å². The predicted molar refractivity (Wildman–Crippen MR) is 79.4 cm³/mol. The maximum Gasteiger partial charge on any atom is 0.357 e. The Morgan fingerprint density at radius 1 is 1.29 bits per heavy atom. The number of benzene rings is 1. The number of hydrogen-bond donors (Lipinski definition) is 0. The first-order valence-corrected chi connectivity index (χ1v) is 6.85. The molecule has 0 unspecified atom stereocenters. The molecule has 0 radical (unpaired) electrons. The summed E-state index contributed by atoms with van der Waals surface area (Å²) in [6.07, 6.45) is 0. The minimum atomic E-state index is -0.496. The van der Waals surface area contributed by atoms with Crippen molar-refractivity contribution in [1.29, 1.82) is 0 Å². The van der Waals surface area contributed by atoms with Gasteiger partial charge in [0, 0.05) is 17.7 Å². The lowest BCUT2D eigenvalue weighted by molar-refractivity contribution is 0.0519. The molecule has 3 rings (SSSR count). The fourth-order valence-corrected chi connectivity index (χ4v) is 2.23. The van der Waals surface area contributed by atoms with E-state index >= 15 is 0 Å². The van der Waals surface area contributed by atoms with E-state index in [2.05, 4.69) is 10.1 Å². The van der Waals surface area contributed by atoms with Crippen LogP contribution in [0.15, 0.2) is 42.5 Å². The molecule has 0 saturated heterocycles. The summed E-state index contributed by atoms with van der Waals surface area (Å²) < 4.78 is 6.43. The second-order valence-corrected chi connectivity index (χ2v) is 4.74. The van der Waals surface area contributed by atoms with Gasteiger partial charge in [-0.15, -0.1) is 0 Å². The predicted octanol–water partition coefficient (Wildman–Crippen LogP) is 3.23. The van der Waals surface area contributed by atoms with E-state index < -0.39 is 5.97 Å². The summed E-state index contributed by atoms with van der Waals surface area (Å²) in [7, 11) is 0. The second-order valence-electron chi connectivity index (χ2n) is 4.35. The molecule has 0 atom stereocenters. The molecule has 0 fully saturated rings. The van der Waals surface area contributed by atoms with Gasteiger partial charge in [-0.1, -0.05) is 41.9 Å². The van der Waals surface area contributed by atoms with Crippen LogP contribution in [0.5, 0.6) is 0 Å². The van der Waals surface area contributed by atoms with Crippen molar-refractivity contribution >= 4 is 23.2 Å². The smallest absolute Gasteiger partial charge is 0.357 e. The van der Waals surface area contributed by atoms with E-state index in [0.717, 1.165) is 11.3 Å². The fraction of sp³-hybridized carbons (Fsp3) is 0.133. The van der Waals surface area contributed by atoms with Crippen LogP contribution in [0.1, 0.15) is 17.4 Å². The molecular formula is C15H12ClN3O2. The van der Waals surface area contributed by atoms with Gasteiger partial charge in [0.15, 0.2) is 11.3 Å². The van der Waals surface area contributed by atoms with Crippen molar-refractivity contribution in [2.75, 3.05) is 6.61 Å². The van der Waals surface area contributed by atoms with Crippen molar-refractivity contribution < 1.29 is 9.53 Å². The quantitative estimate of drug-likeness (QED) is 0.550. The van der Waals surface area contributed by atoms with E-state index in [1.54, 1.807) is 13.0 Å². The minimum absolute atomic E-state index is 0.175. The third-order valence-electron chi connectivity index (χ3n) is 2.94. The molecule has 0 aliphatic carbocycles. The Hall–Kier alpha value is -2.40. The molecule has 0 aliphatic rings. The van der Waals surface area contributed by atoms with E-state index in [1.807, 2.05) is 30.3 Å². The Bertz CT molecular complexity index is 799. The van der Waals surface area contributed by atoms with Gasteiger partial charge < -0.3 is 4.74 Å². The monoisotopic (exact) mass is 301 g/mol. The van der Waals surface area contributed by atoms with Gasteiger partial charge in [-0.2, -0.15) is 5.10 Å². The Labute approximate surface area is 126 Å². The highest BCUT2D eigenvalue weighted by Crippen LogP contribution is 2.21. The van der Waals surface area contributed by atoms with Crippen LogP contribution in [0.4, 0.5) is 0 Å². The standard InChI is InChI=1S/C15H12ClN3O2/c1-2-21-15(20)12-8-13(16)19-14(17-12)9-11(18-19)10-6-4-3-5-7-10/h3-9H,2H2,1H3. The first-order valence-electron chi connectivity index (χ1n) is 6.48. The van der Waals surface area contributed by atoms with Crippen LogP contribution in [-0.2, 0) is 4.74 Å². The minimum Gasteiger partial charge on any atom is -0.461 e. The molecule has 21 heavy (non-hydrogen) atoms. The molecule has 0 aliphatic heterocycles. The van der Waals surface area contributed by atoms with E-state index in [1.165, 1.54) is 10.6 Å². The zero-order valence-electron chi connectivity index (χ0n) is 11.3. The highest BCUT2D eigenvalue weighted by molar-refractivity contribution is 6.30. The molecule has 0 saturated carbocycles. The topological polar surface area (TPSA) is 56.5 Å². The molecule has 1 aromatic carbocycles. The molecule has 2 heterocycles. The fourth-order valence-electron chi connectivity index (χ4n) is 2.00. The number of carbonyl (C=O) groups is 1. The van der Waals surface area contributed by atoms with Gasteiger partial charge in [-0.05, 0) is 6.92 Å². The van der Waals surface area contributed by atoms with E-state index in [4.69, 9.17) is 16.3 Å². The zero-order valence-corrected chi connectivity index (χ0v) is 12.0. The molecule has 3 aromatic rings. The van der Waals surface area contributed by atoms with Crippen molar-refractivity contribution in [3.05, 3.63) is 53.3 Å². The Balaban J connectivity index is 2.09. The third kappa shape index (κ3) is 2.60. The largest absolute Gasteiger partial charge is 0.461 e.